The molecule has 0 unspecified atom stereocenters. The van der Waals surface area contributed by atoms with Crippen molar-refractivity contribution in [2.45, 2.75) is 13.8 Å². The van der Waals surface area contributed by atoms with Crippen LogP contribution < -0.4 is 0 Å². The summed E-state index contributed by atoms with van der Waals surface area (Å²) in [5, 5.41) is 0. The van der Waals surface area contributed by atoms with Crippen LogP contribution in [0.5, 0.6) is 0 Å². The van der Waals surface area contributed by atoms with Crippen LogP contribution in [0.3, 0.4) is 0 Å². The predicted octanol–water partition coefficient (Wildman–Crippen LogP) is 2.21. The van der Waals surface area contributed by atoms with Crippen molar-refractivity contribution in [1.29, 1.82) is 0 Å². The maximum absolute atomic E-state index is 4.98. The minimum Gasteiger partial charge on any atom is -0.107 e. The van der Waals surface area contributed by atoms with E-state index < -0.39 is 19.9 Å². The molecular formula is C4H12I2O2Ti. The van der Waals surface area contributed by atoms with Gasteiger partial charge in [-0.3, -0.25) is 0 Å². The summed E-state index contributed by atoms with van der Waals surface area (Å²) in [4.78, 5) is 0. The molecule has 0 saturated carbocycles. The molecule has 0 atom stereocenters. The van der Waals surface area contributed by atoms with E-state index in [2.05, 4.69) is 0 Å². The van der Waals surface area contributed by atoms with E-state index in [1.165, 1.54) is 0 Å². The van der Waals surface area contributed by atoms with Gasteiger partial charge in [-0.2, -0.15) is 0 Å². The smallest absolute Gasteiger partial charge is 0.107 e. The standard InChI is InChI=1S/2C2H5O.2HI.Ti/c2*1-2-3;;;/h2*2H2,1H3;2*1H;/q2*-1;;;+2. The van der Waals surface area contributed by atoms with Crippen LogP contribution in [0.4, 0.5) is 0 Å². The molecule has 0 fully saturated rings. The van der Waals surface area contributed by atoms with Crippen LogP contribution in [0.1, 0.15) is 13.8 Å². The Hall–Kier alpha value is 2.09. The van der Waals surface area contributed by atoms with Crippen LogP contribution in [0.15, 0.2) is 0 Å². The fraction of sp³-hybridized carbons (Fsp3) is 1.00. The van der Waals surface area contributed by atoms with E-state index in [0.717, 1.165) is 13.2 Å². The van der Waals surface area contributed by atoms with Crippen molar-refractivity contribution in [2.75, 3.05) is 13.2 Å². The van der Waals surface area contributed by atoms with Gasteiger partial charge < -0.3 is 0 Å². The van der Waals surface area contributed by atoms with Crippen molar-refractivity contribution in [3.05, 3.63) is 0 Å². The molecule has 9 heavy (non-hydrogen) atoms. The Kier molecular flexibility index (Phi) is 31.8. The van der Waals surface area contributed by atoms with Crippen molar-refractivity contribution >= 4 is 48.0 Å². The van der Waals surface area contributed by atoms with Gasteiger partial charge in [0.05, 0.1) is 0 Å². The second-order valence-electron chi connectivity index (χ2n) is 0.949. The van der Waals surface area contributed by atoms with Crippen molar-refractivity contribution < 1.29 is 26.6 Å². The van der Waals surface area contributed by atoms with Gasteiger partial charge in [0.15, 0.2) is 0 Å². The topological polar surface area (TPSA) is 18.5 Å². The first-order valence-electron chi connectivity index (χ1n) is 2.40. The molecular weight excluding hydrogens is 382 g/mol. The molecule has 0 aromatic heterocycles. The zero-order chi connectivity index (χ0) is 5.54. The Balaban J connectivity index is -0.000000180. The Bertz CT molecular complexity index is 35.7. The third-order valence-electron chi connectivity index (χ3n) is 0.407. The van der Waals surface area contributed by atoms with Crippen LogP contribution in [0, 0.1) is 0 Å². The molecule has 0 aromatic carbocycles. The molecule has 0 radical (unpaired) electrons. The van der Waals surface area contributed by atoms with Crippen LogP contribution in [0.25, 0.3) is 0 Å². The minimum absolute atomic E-state index is 0. The maximum Gasteiger partial charge on any atom is -0.107 e. The van der Waals surface area contributed by atoms with E-state index in [-0.39, 0.29) is 48.0 Å². The number of rotatable bonds is 4. The van der Waals surface area contributed by atoms with Crippen LogP contribution in [-0.2, 0) is 26.6 Å². The summed E-state index contributed by atoms with van der Waals surface area (Å²) in [6.07, 6.45) is 0. The van der Waals surface area contributed by atoms with Gasteiger partial charge in [-0.05, 0) is 0 Å². The Morgan fingerprint density at radius 3 is 1.56 bits per heavy atom. The van der Waals surface area contributed by atoms with Gasteiger partial charge in [0.2, 0.25) is 0 Å². The van der Waals surface area contributed by atoms with E-state index in [4.69, 9.17) is 6.64 Å². The first-order chi connectivity index (χ1) is 3.41. The second-order valence-corrected chi connectivity index (χ2v) is 2.11. The van der Waals surface area contributed by atoms with Gasteiger partial charge in [-0.15, -0.1) is 48.0 Å². The van der Waals surface area contributed by atoms with E-state index >= 15 is 0 Å². The van der Waals surface area contributed by atoms with Gasteiger partial charge in [0.25, 0.3) is 0 Å². The first-order valence-corrected chi connectivity index (χ1v) is 3.67. The zero-order valence-corrected chi connectivity index (χ0v) is 11.8. The molecule has 0 N–H and O–H groups in total. The minimum atomic E-state index is -0.486. The Morgan fingerprint density at radius 1 is 1.00 bits per heavy atom. The monoisotopic (exact) mass is 394 g/mol. The summed E-state index contributed by atoms with van der Waals surface area (Å²) in [5.74, 6) is 0. The van der Waals surface area contributed by atoms with Crippen LogP contribution >= 0.6 is 48.0 Å². The molecule has 0 heterocycles. The molecule has 0 aliphatic rings. The number of hydrogen-bond donors (Lipinski definition) is 0. The summed E-state index contributed by atoms with van der Waals surface area (Å²) < 4.78 is 9.95. The van der Waals surface area contributed by atoms with E-state index in [1.54, 1.807) is 0 Å². The van der Waals surface area contributed by atoms with Gasteiger partial charge in [-0.25, -0.2) is 0 Å². The van der Waals surface area contributed by atoms with E-state index in [0.29, 0.717) is 0 Å². The molecule has 0 saturated heterocycles. The molecule has 2 nitrogen and oxygen atoms in total. The van der Waals surface area contributed by atoms with Crippen molar-refractivity contribution in [1.82, 2.24) is 0 Å². The average Bonchev–Trinajstić information content (AvgIpc) is 1.69. The number of hydrogen-bond acceptors (Lipinski definition) is 2. The maximum atomic E-state index is 4.98. The predicted molar refractivity (Wildman–Crippen MR) is 54.1 cm³/mol. The molecule has 0 amide bonds. The molecule has 0 aromatic rings. The third-order valence-corrected chi connectivity index (χ3v) is 1.68. The molecule has 0 aliphatic carbocycles. The molecule has 0 rings (SSSR count). The van der Waals surface area contributed by atoms with Crippen molar-refractivity contribution in [2.24, 2.45) is 0 Å². The van der Waals surface area contributed by atoms with Gasteiger partial charge in [0, 0.05) is 0 Å². The van der Waals surface area contributed by atoms with Gasteiger partial charge >= 0.3 is 53.6 Å². The average molecular weight is 394 g/mol. The summed E-state index contributed by atoms with van der Waals surface area (Å²) in [7, 11) is 0. The third kappa shape index (κ3) is 17.8. The molecule has 0 aliphatic heterocycles. The Morgan fingerprint density at radius 2 is 1.33 bits per heavy atom. The van der Waals surface area contributed by atoms with Crippen LogP contribution in [0.2, 0.25) is 0 Å². The SMILES string of the molecule is CC[O][Ti][O]CC.I.I. The normalized spacial score (nSPS) is 6.89. The summed E-state index contributed by atoms with van der Waals surface area (Å²) in [6.45, 7) is 5.53. The Labute approximate surface area is 100 Å². The van der Waals surface area contributed by atoms with Gasteiger partial charge in [0.1, 0.15) is 0 Å². The zero-order valence-electron chi connectivity index (χ0n) is 5.55. The molecule has 0 spiro atoms. The largest absolute Gasteiger partial charge is 0.107 e. The molecule has 0 bridgehead atoms. The van der Waals surface area contributed by atoms with E-state index in [9.17, 15) is 0 Å². The second kappa shape index (κ2) is 16.6. The molecule has 58 valence electrons. The summed E-state index contributed by atoms with van der Waals surface area (Å²) in [6, 6.07) is 0. The first kappa shape index (κ1) is 17.3. The van der Waals surface area contributed by atoms with Crippen molar-refractivity contribution in [3.8, 4) is 0 Å². The van der Waals surface area contributed by atoms with Gasteiger partial charge in [-0.1, -0.05) is 0 Å². The fourth-order valence-electron chi connectivity index (χ4n) is 0.160. The van der Waals surface area contributed by atoms with Crippen molar-refractivity contribution in [3.63, 3.8) is 0 Å². The molecule has 5 heteroatoms. The summed E-state index contributed by atoms with van der Waals surface area (Å²) in [5.41, 5.74) is 0. The van der Waals surface area contributed by atoms with Crippen LogP contribution in [-0.4, -0.2) is 13.2 Å². The quantitative estimate of drug-likeness (QED) is 0.414. The summed E-state index contributed by atoms with van der Waals surface area (Å²) >= 11 is -0.486. The van der Waals surface area contributed by atoms with E-state index in [1.807, 2.05) is 13.8 Å². The number of halogens is 2. The fourth-order valence-corrected chi connectivity index (χ4v) is 0.658.